The number of rotatable bonds is 4. The smallest absolute Gasteiger partial charge is 0.0579 e. The molecule has 3 heteroatoms. The van der Waals surface area contributed by atoms with Crippen molar-refractivity contribution in [1.82, 2.24) is 0 Å². The van der Waals surface area contributed by atoms with Gasteiger partial charge in [-0.1, -0.05) is 122 Å². The van der Waals surface area contributed by atoms with E-state index in [1.54, 1.807) is 11.1 Å². The van der Waals surface area contributed by atoms with E-state index in [0.717, 1.165) is 0 Å². The summed E-state index contributed by atoms with van der Waals surface area (Å²) in [7, 11) is -3.26. The second-order valence-electron chi connectivity index (χ2n) is 10.5. The third-order valence-electron chi connectivity index (χ3n) is 6.64. The van der Waals surface area contributed by atoms with Crippen LogP contribution in [0.3, 0.4) is 0 Å². The van der Waals surface area contributed by atoms with Crippen molar-refractivity contribution in [3.8, 4) is 11.1 Å². The Bertz CT molecular complexity index is 1100. The number of benzene rings is 3. The lowest BCUT2D eigenvalue weighted by Crippen LogP contribution is -2.63. The van der Waals surface area contributed by atoms with Gasteiger partial charge in [0.25, 0.3) is 0 Å². The number of fused-ring (bicyclic) bond motifs is 3. The zero-order valence-electron chi connectivity index (χ0n) is 18.9. The molecule has 0 saturated heterocycles. The van der Waals surface area contributed by atoms with Gasteiger partial charge >= 0.3 is 0 Å². The summed E-state index contributed by atoms with van der Waals surface area (Å²) in [6.45, 7) is 15.4. The Labute approximate surface area is 192 Å². The molecule has 0 spiro atoms. The molecule has 0 fully saturated rings. The van der Waals surface area contributed by atoms with Crippen molar-refractivity contribution in [3.05, 3.63) is 93.5 Å². The molecular weight excluding hydrogens is 460 g/mol. The maximum absolute atomic E-state index is 3.78. The molecule has 3 aromatic carbocycles. The standard InChI is InChI=1S/C27H31BrSi2/c1-29(2,3)27(30(4,5)6)25-18-21(13-12-20-10-8-7-9-11-20)14-16-23(25)24-17-15-22(28)19-26(24)27/h7-19H,1-6H3. The van der Waals surface area contributed by atoms with Crippen molar-refractivity contribution in [2.24, 2.45) is 0 Å². The van der Waals surface area contributed by atoms with Crippen molar-refractivity contribution in [2.45, 2.75) is 43.9 Å². The predicted molar refractivity (Wildman–Crippen MR) is 142 cm³/mol. The first-order valence-corrected chi connectivity index (χ1v) is 18.5. The maximum atomic E-state index is 3.78. The molecule has 0 N–H and O–H groups in total. The van der Waals surface area contributed by atoms with Crippen LogP contribution in [0.25, 0.3) is 23.3 Å². The number of hydrogen-bond acceptors (Lipinski definition) is 0. The van der Waals surface area contributed by atoms with Crippen LogP contribution in [0.15, 0.2) is 71.2 Å². The molecule has 4 rings (SSSR count). The second-order valence-corrected chi connectivity index (χ2v) is 22.4. The topological polar surface area (TPSA) is 0 Å². The molecule has 154 valence electrons. The van der Waals surface area contributed by atoms with E-state index in [4.69, 9.17) is 0 Å². The van der Waals surface area contributed by atoms with Crippen LogP contribution in [0.2, 0.25) is 39.3 Å². The fourth-order valence-electron chi connectivity index (χ4n) is 5.91. The zero-order chi connectivity index (χ0) is 21.7. The molecule has 0 aliphatic heterocycles. The summed E-state index contributed by atoms with van der Waals surface area (Å²) in [6.07, 6.45) is 4.50. The summed E-state index contributed by atoms with van der Waals surface area (Å²) < 4.78 is 1.38. The monoisotopic (exact) mass is 490 g/mol. The highest BCUT2D eigenvalue weighted by Crippen LogP contribution is 2.58. The van der Waals surface area contributed by atoms with Crippen molar-refractivity contribution in [2.75, 3.05) is 0 Å². The second kappa shape index (κ2) is 7.47. The van der Waals surface area contributed by atoms with E-state index < -0.39 is 16.1 Å². The maximum Gasteiger partial charge on any atom is 0.0579 e. The molecule has 0 unspecified atom stereocenters. The van der Waals surface area contributed by atoms with Gasteiger partial charge in [-0.15, -0.1) is 0 Å². The van der Waals surface area contributed by atoms with Crippen LogP contribution < -0.4 is 0 Å². The molecule has 3 aromatic rings. The lowest BCUT2D eigenvalue weighted by molar-refractivity contribution is 0.950. The van der Waals surface area contributed by atoms with Gasteiger partial charge in [-0.2, -0.15) is 0 Å². The average molecular weight is 492 g/mol. The van der Waals surface area contributed by atoms with E-state index in [2.05, 4.69) is 134 Å². The fraction of sp³-hybridized carbons (Fsp3) is 0.259. The summed E-state index contributed by atoms with van der Waals surface area (Å²) in [5, 5.41) is 0. The quantitative estimate of drug-likeness (QED) is 0.253. The van der Waals surface area contributed by atoms with Crippen LogP contribution in [0.5, 0.6) is 0 Å². The van der Waals surface area contributed by atoms with Crippen molar-refractivity contribution >= 4 is 44.2 Å². The summed E-state index contributed by atoms with van der Waals surface area (Å²) in [5.74, 6) is 0. The first-order valence-electron chi connectivity index (χ1n) is 10.7. The van der Waals surface area contributed by atoms with Gasteiger partial charge in [0.2, 0.25) is 0 Å². The molecule has 0 radical (unpaired) electrons. The molecule has 0 nitrogen and oxygen atoms in total. The van der Waals surface area contributed by atoms with Crippen LogP contribution >= 0.6 is 15.9 Å². The SMILES string of the molecule is C[Si](C)(C)C1([Si](C)(C)C)c2cc(Br)ccc2-c2ccc(C=Cc3ccccc3)cc21. The zero-order valence-corrected chi connectivity index (χ0v) is 22.5. The molecule has 1 aliphatic carbocycles. The Kier molecular flexibility index (Phi) is 5.36. The minimum atomic E-state index is -1.63. The molecule has 30 heavy (non-hydrogen) atoms. The summed E-state index contributed by atoms with van der Waals surface area (Å²) >= 11 is 3.78. The van der Waals surface area contributed by atoms with Gasteiger partial charge in [0.05, 0.1) is 16.1 Å². The van der Waals surface area contributed by atoms with Gasteiger partial charge in [-0.25, -0.2) is 0 Å². The molecule has 0 atom stereocenters. The Balaban J connectivity index is 1.97. The summed E-state index contributed by atoms with van der Waals surface area (Å²) in [6, 6.07) is 24.7. The first-order chi connectivity index (χ1) is 14.1. The molecule has 0 saturated carbocycles. The first kappa shape index (κ1) is 21.5. The molecule has 0 heterocycles. The van der Waals surface area contributed by atoms with E-state index in [9.17, 15) is 0 Å². The van der Waals surface area contributed by atoms with Gasteiger partial charge in [0, 0.05) is 9.13 Å². The molecule has 0 bridgehead atoms. The third kappa shape index (κ3) is 3.32. The van der Waals surface area contributed by atoms with Crippen LogP contribution in [-0.2, 0) is 4.66 Å². The molecule has 1 aliphatic rings. The van der Waals surface area contributed by atoms with Crippen LogP contribution in [0.1, 0.15) is 22.3 Å². The van der Waals surface area contributed by atoms with Gasteiger partial charge in [0.1, 0.15) is 0 Å². The normalized spacial score (nSPS) is 15.3. The van der Waals surface area contributed by atoms with E-state index in [-0.39, 0.29) is 4.66 Å². The van der Waals surface area contributed by atoms with Gasteiger partial charge < -0.3 is 0 Å². The van der Waals surface area contributed by atoms with E-state index in [0.29, 0.717) is 0 Å². The Hall–Kier alpha value is -1.69. The molecule has 0 amide bonds. The minimum Gasteiger partial charge on any atom is -0.0688 e. The largest absolute Gasteiger partial charge is 0.0688 e. The van der Waals surface area contributed by atoms with Crippen molar-refractivity contribution in [3.63, 3.8) is 0 Å². The van der Waals surface area contributed by atoms with E-state index in [1.807, 2.05) is 0 Å². The molecular formula is C27H31BrSi2. The average Bonchev–Trinajstić information content (AvgIpc) is 2.96. The lowest BCUT2D eigenvalue weighted by Gasteiger charge is -2.51. The summed E-state index contributed by atoms with van der Waals surface area (Å²) in [5.41, 5.74) is 8.56. The fourth-order valence-corrected chi connectivity index (χ4v) is 19.3. The van der Waals surface area contributed by atoms with Crippen LogP contribution in [0.4, 0.5) is 0 Å². The highest BCUT2D eigenvalue weighted by molar-refractivity contribution is 9.10. The van der Waals surface area contributed by atoms with E-state index >= 15 is 0 Å². The van der Waals surface area contributed by atoms with Crippen LogP contribution in [-0.4, -0.2) is 16.1 Å². The Morgan fingerprint density at radius 1 is 0.633 bits per heavy atom. The minimum absolute atomic E-state index is 0.186. The lowest BCUT2D eigenvalue weighted by atomic mass is 10.0. The van der Waals surface area contributed by atoms with Gasteiger partial charge in [-0.3, -0.25) is 0 Å². The van der Waals surface area contributed by atoms with Crippen molar-refractivity contribution in [1.29, 1.82) is 0 Å². The highest BCUT2D eigenvalue weighted by atomic mass is 79.9. The Morgan fingerprint density at radius 3 is 1.77 bits per heavy atom. The summed E-state index contributed by atoms with van der Waals surface area (Å²) in [4.78, 5) is 0. The van der Waals surface area contributed by atoms with Gasteiger partial charge in [0.15, 0.2) is 0 Å². The van der Waals surface area contributed by atoms with E-state index in [1.165, 1.54) is 26.7 Å². The highest BCUT2D eigenvalue weighted by Gasteiger charge is 2.59. The predicted octanol–water partition coefficient (Wildman–Crippen LogP) is 8.64. The molecule has 0 aromatic heterocycles. The number of hydrogen-bond donors (Lipinski definition) is 0. The number of halogens is 1. The Morgan fingerprint density at radius 2 is 1.17 bits per heavy atom. The van der Waals surface area contributed by atoms with Crippen molar-refractivity contribution < 1.29 is 0 Å². The van der Waals surface area contributed by atoms with Crippen LogP contribution in [0, 0.1) is 0 Å². The van der Waals surface area contributed by atoms with Gasteiger partial charge in [-0.05, 0) is 45.5 Å². The third-order valence-corrected chi connectivity index (χ3v) is 17.2.